The number of hydrogen-bond acceptors (Lipinski definition) is 3. The predicted octanol–water partition coefficient (Wildman–Crippen LogP) is 9.70. The van der Waals surface area contributed by atoms with Crippen LogP contribution in [0.4, 0.5) is 0 Å². The first-order valence-electron chi connectivity index (χ1n) is 15.8. The van der Waals surface area contributed by atoms with E-state index in [1.165, 1.54) is 96.1 Å². The van der Waals surface area contributed by atoms with Crippen LogP contribution in [0.5, 0.6) is 0 Å². The summed E-state index contributed by atoms with van der Waals surface area (Å²) >= 11 is 0. The van der Waals surface area contributed by atoms with Gasteiger partial charge in [0.2, 0.25) is 0 Å². The molecule has 0 aliphatic carbocycles. The number of benzene rings is 1. The van der Waals surface area contributed by atoms with Gasteiger partial charge in [0, 0.05) is 29.9 Å². The second kappa shape index (κ2) is 19.7. The molecule has 0 spiro atoms. The minimum Gasteiger partial charge on any atom is -0.469 e. The Bertz CT molecular complexity index is 960. The molecule has 0 saturated heterocycles. The standard InChI is InChI=1S/C35H55NO3/c1-5-6-7-8-9-10-11-12-13-14-15-16-17-18-22-25-33(37)35-29(2)32(26-27-34(38)39-4)36(30(35)3)28-31-23-20-19-21-24-31/h19-21,23-24H,5-18,22,25-28H2,1-4H3. The summed E-state index contributed by atoms with van der Waals surface area (Å²) in [5.41, 5.74) is 5.16. The first kappa shape index (κ1) is 32.8. The summed E-state index contributed by atoms with van der Waals surface area (Å²) in [5, 5.41) is 0. The van der Waals surface area contributed by atoms with E-state index in [4.69, 9.17) is 4.74 Å². The van der Waals surface area contributed by atoms with Crippen LogP contribution in [0.3, 0.4) is 0 Å². The average molecular weight is 538 g/mol. The van der Waals surface area contributed by atoms with Crippen LogP contribution < -0.4 is 0 Å². The van der Waals surface area contributed by atoms with Crippen molar-refractivity contribution in [2.75, 3.05) is 7.11 Å². The van der Waals surface area contributed by atoms with E-state index in [0.29, 0.717) is 25.8 Å². The summed E-state index contributed by atoms with van der Waals surface area (Å²) in [6.45, 7) is 7.08. The lowest BCUT2D eigenvalue weighted by Crippen LogP contribution is -2.10. The Hall–Kier alpha value is -2.36. The van der Waals surface area contributed by atoms with Crippen LogP contribution in [0.15, 0.2) is 30.3 Å². The fourth-order valence-corrected chi connectivity index (χ4v) is 5.77. The van der Waals surface area contributed by atoms with Crippen molar-refractivity contribution in [3.8, 4) is 0 Å². The number of unbranched alkanes of at least 4 members (excludes halogenated alkanes) is 14. The highest BCUT2D eigenvalue weighted by atomic mass is 16.5. The van der Waals surface area contributed by atoms with Gasteiger partial charge in [-0.25, -0.2) is 0 Å². The lowest BCUT2D eigenvalue weighted by Gasteiger charge is -2.12. The molecule has 0 saturated carbocycles. The Balaban J connectivity index is 1.75. The molecule has 1 aromatic carbocycles. The van der Waals surface area contributed by atoms with Crippen molar-refractivity contribution in [3.63, 3.8) is 0 Å². The maximum Gasteiger partial charge on any atom is 0.305 e. The number of ketones is 1. The number of Topliss-reactive ketones (excluding diaryl/α,β-unsaturated/α-hetero) is 1. The number of ether oxygens (including phenoxy) is 1. The normalized spacial score (nSPS) is 11.2. The lowest BCUT2D eigenvalue weighted by molar-refractivity contribution is -0.140. The van der Waals surface area contributed by atoms with E-state index in [0.717, 1.165) is 35.4 Å². The van der Waals surface area contributed by atoms with Gasteiger partial charge in [0.25, 0.3) is 0 Å². The number of esters is 1. The Morgan fingerprint density at radius 3 is 1.74 bits per heavy atom. The molecule has 0 atom stereocenters. The van der Waals surface area contributed by atoms with Gasteiger partial charge in [-0.2, -0.15) is 0 Å². The third-order valence-corrected chi connectivity index (χ3v) is 8.16. The van der Waals surface area contributed by atoms with E-state index in [9.17, 15) is 9.59 Å². The van der Waals surface area contributed by atoms with E-state index in [-0.39, 0.29) is 11.8 Å². The van der Waals surface area contributed by atoms with E-state index in [1.54, 1.807) is 0 Å². The zero-order valence-corrected chi connectivity index (χ0v) is 25.5. The monoisotopic (exact) mass is 537 g/mol. The molecule has 1 heterocycles. The number of methoxy groups -OCH3 is 1. The second-order valence-corrected chi connectivity index (χ2v) is 11.3. The molecule has 4 heteroatoms. The van der Waals surface area contributed by atoms with Crippen molar-refractivity contribution in [1.29, 1.82) is 0 Å². The van der Waals surface area contributed by atoms with Gasteiger partial charge in [-0.05, 0) is 37.8 Å². The summed E-state index contributed by atoms with van der Waals surface area (Å²) in [6.07, 6.45) is 21.4. The van der Waals surface area contributed by atoms with Gasteiger partial charge in [-0.3, -0.25) is 9.59 Å². The molecule has 0 N–H and O–H groups in total. The van der Waals surface area contributed by atoms with E-state index in [2.05, 4.69) is 30.5 Å². The van der Waals surface area contributed by atoms with Crippen molar-refractivity contribution in [2.24, 2.45) is 0 Å². The summed E-state index contributed by atoms with van der Waals surface area (Å²) in [6, 6.07) is 10.3. The van der Waals surface area contributed by atoms with Crippen LogP contribution in [0.25, 0.3) is 0 Å². The van der Waals surface area contributed by atoms with Crippen LogP contribution in [0.2, 0.25) is 0 Å². The molecule has 0 radical (unpaired) electrons. The van der Waals surface area contributed by atoms with Crippen molar-refractivity contribution in [1.82, 2.24) is 4.57 Å². The molecule has 4 nitrogen and oxygen atoms in total. The number of carbonyl (C=O) groups is 2. The molecular weight excluding hydrogens is 482 g/mol. The Morgan fingerprint density at radius 1 is 0.718 bits per heavy atom. The first-order chi connectivity index (χ1) is 19.0. The SMILES string of the molecule is CCCCCCCCCCCCCCCCCC(=O)c1c(C)c(CCC(=O)OC)n(Cc2ccccc2)c1C. The molecule has 1 aromatic heterocycles. The highest BCUT2D eigenvalue weighted by molar-refractivity contribution is 5.99. The molecule has 0 aliphatic heterocycles. The van der Waals surface area contributed by atoms with Gasteiger partial charge in [0.05, 0.1) is 13.5 Å². The van der Waals surface area contributed by atoms with Crippen LogP contribution in [0.1, 0.15) is 149 Å². The van der Waals surface area contributed by atoms with Gasteiger partial charge in [-0.15, -0.1) is 0 Å². The quantitative estimate of drug-likeness (QED) is 0.0853. The Kier molecular flexibility index (Phi) is 16.6. The summed E-state index contributed by atoms with van der Waals surface area (Å²) in [7, 11) is 1.43. The number of nitrogens with zero attached hydrogens (tertiary/aromatic N) is 1. The number of aromatic nitrogens is 1. The molecule has 0 bridgehead atoms. The van der Waals surface area contributed by atoms with Crippen LogP contribution in [0, 0.1) is 13.8 Å². The fourth-order valence-electron chi connectivity index (χ4n) is 5.77. The molecular formula is C35H55NO3. The zero-order chi connectivity index (χ0) is 28.3. The minimum atomic E-state index is -0.217. The molecule has 0 amide bonds. The molecule has 2 aromatic rings. The summed E-state index contributed by atoms with van der Waals surface area (Å²) in [4.78, 5) is 25.2. The van der Waals surface area contributed by atoms with Crippen molar-refractivity contribution in [2.45, 2.75) is 143 Å². The third kappa shape index (κ3) is 12.1. The van der Waals surface area contributed by atoms with Crippen LogP contribution in [-0.2, 0) is 22.5 Å². The van der Waals surface area contributed by atoms with E-state index < -0.39 is 0 Å². The maximum atomic E-state index is 13.3. The van der Waals surface area contributed by atoms with Crippen molar-refractivity contribution in [3.05, 3.63) is 58.4 Å². The minimum absolute atomic E-state index is 0.217. The third-order valence-electron chi connectivity index (χ3n) is 8.16. The molecule has 0 unspecified atom stereocenters. The Morgan fingerprint density at radius 2 is 1.23 bits per heavy atom. The lowest BCUT2D eigenvalue weighted by atomic mass is 9.99. The number of rotatable bonds is 22. The molecule has 2 rings (SSSR count). The smallest absolute Gasteiger partial charge is 0.305 e. The molecule has 0 fully saturated rings. The van der Waals surface area contributed by atoms with Gasteiger partial charge in [0.1, 0.15) is 0 Å². The number of hydrogen-bond donors (Lipinski definition) is 0. The second-order valence-electron chi connectivity index (χ2n) is 11.3. The van der Waals surface area contributed by atoms with Crippen molar-refractivity contribution >= 4 is 11.8 Å². The zero-order valence-electron chi connectivity index (χ0n) is 25.5. The molecule has 0 aliphatic rings. The van der Waals surface area contributed by atoms with Gasteiger partial charge < -0.3 is 9.30 Å². The molecule has 39 heavy (non-hydrogen) atoms. The first-order valence-corrected chi connectivity index (χ1v) is 15.8. The average Bonchev–Trinajstić information content (AvgIpc) is 3.17. The topological polar surface area (TPSA) is 48.3 Å². The van der Waals surface area contributed by atoms with Gasteiger partial charge in [-0.1, -0.05) is 127 Å². The Labute approximate surface area is 238 Å². The van der Waals surface area contributed by atoms with Gasteiger partial charge >= 0.3 is 5.97 Å². The number of carbonyl (C=O) groups excluding carboxylic acids is 2. The van der Waals surface area contributed by atoms with Crippen LogP contribution in [-0.4, -0.2) is 23.4 Å². The highest BCUT2D eigenvalue weighted by Crippen LogP contribution is 2.27. The largest absolute Gasteiger partial charge is 0.469 e. The predicted molar refractivity (Wildman–Crippen MR) is 164 cm³/mol. The summed E-state index contributed by atoms with van der Waals surface area (Å²) in [5.74, 6) is 0.0241. The van der Waals surface area contributed by atoms with Crippen LogP contribution >= 0.6 is 0 Å². The van der Waals surface area contributed by atoms with E-state index in [1.807, 2.05) is 25.1 Å². The molecule has 218 valence electrons. The van der Waals surface area contributed by atoms with E-state index >= 15 is 0 Å². The fraction of sp³-hybridized carbons (Fsp3) is 0.657. The maximum absolute atomic E-state index is 13.3. The van der Waals surface area contributed by atoms with Crippen molar-refractivity contribution < 1.29 is 14.3 Å². The summed E-state index contributed by atoms with van der Waals surface area (Å²) < 4.78 is 7.11. The highest BCUT2D eigenvalue weighted by Gasteiger charge is 2.22. The van der Waals surface area contributed by atoms with Gasteiger partial charge in [0.15, 0.2) is 5.78 Å².